The molecule has 0 fully saturated rings. The smallest absolute Gasteiger partial charge is 0.136 e. The highest BCUT2D eigenvalue weighted by molar-refractivity contribution is 6.12. The maximum absolute atomic E-state index is 6.39. The van der Waals surface area contributed by atoms with Gasteiger partial charge in [-0.25, -0.2) is 0 Å². The van der Waals surface area contributed by atoms with E-state index in [0.29, 0.717) is 0 Å². The summed E-state index contributed by atoms with van der Waals surface area (Å²) in [5, 5.41) is 2.26. The quantitative estimate of drug-likeness (QED) is 0.167. The van der Waals surface area contributed by atoms with Gasteiger partial charge < -0.3 is 9.32 Å². The van der Waals surface area contributed by atoms with Crippen LogP contribution in [0.5, 0.6) is 0 Å². The number of fused-ring (bicyclic) bond motifs is 9. The van der Waals surface area contributed by atoms with Crippen LogP contribution >= 0.6 is 0 Å². The van der Waals surface area contributed by atoms with Crippen LogP contribution in [0.3, 0.4) is 0 Å². The first-order chi connectivity index (χ1) is 30.3. The molecule has 0 atom stereocenters. The molecular formula is C60H45NO. The van der Waals surface area contributed by atoms with E-state index in [0.717, 1.165) is 50.1 Å². The Kier molecular flexibility index (Phi) is 7.96. The Morgan fingerprint density at radius 3 is 1.71 bits per heavy atom. The molecule has 0 aliphatic heterocycles. The summed E-state index contributed by atoms with van der Waals surface area (Å²) in [6.45, 7) is 9.45. The van der Waals surface area contributed by atoms with Crippen molar-refractivity contribution in [3.63, 3.8) is 0 Å². The summed E-state index contributed by atoms with van der Waals surface area (Å²) in [6, 6.07) is 73.7. The topological polar surface area (TPSA) is 16.4 Å². The minimum atomic E-state index is -0.118. The molecule has 10 aromatic rings. The number of furan rings is 1. The molecule has 0 spiro atoms. The van der Waals surface area contributed by atoms with Crippen LogP contribution in [0.4, 0.5) is 17.1 Å². The van der Waals surface area contributed by atoms with Crippen LogP contribution in [-0.2, 0) is 10.8 Å². The summed E-state index contributed by atoms with van der Waals surface area (Å²) in [5.74, 6) is 0. The molecule has 62 heavy (non-hydrogen) atoms. The molecule has 0 saturated carbocycles. The van der Waals surface area contributed by atoms with Gasteiger partial charge in [0.05, 0.1) is 11.4 Å². The van der Waals surface area contributed by atoms with Crippen LogP contribution in [0.25, 0.3) is 77.6 Å². The van der Waals surface area contributed by atoms with Crippen molar-refractivity contribution in [2.75, 3.05) is 4.90 Å². The molecule has 0 N–H and O–H groups in total. The number of nitrogens with zero attached hydrogens (tertiary/aromatic N) is 1. The van der Waals surface area contributed by atoms with Gasteiger partial charge in [-0.15, -0.1) is 0 Å². The third kappa shape index (κ3) is 5.29. The van der Waals surface area contributed by atoms with E-state index >= 15 is 0 Å². The highest BCUT2D eigenvalue weighted by Gasteiger charge is 2.38. The normalized spacial score (nSPS) is 14.1. The Balaban J connectivity index is 1.10. The summed E-state index contributed by atoms with van der Waals surface area (Å²) in [5.41, 5.74) is 22.7. The lowest BCUT2D eigenvalue weighted by Gasteiger charge is -2.31. The number of anilines is 3. The van der Waals surface area contributed by atoms with Gasteiger partial charge in [0, 0.05) is 38.4 Å². The van der Waals surface area contributed by atoms with E-state index in [-0.39, 0.29) is 10.8 Å². The lowest BCUT2D eigenvalue weighted by atomic mass is 9.81. The minimum Gasteiger partial charge on any atom is -0.456 e. The molecule has 296 valence electrons. The van der Waals surface area contributed by atoms with Crippen molar-refractivity contribution in [2.24, 2.45) is 0 Å². The summed E-state index contributed by atoms with van der Waals surface area (Å²) in [7, 11) is 0. The Hall–Kier alpha value is -7.42. The molecule has 2 aliphatic rings. The monoisotopic (exact) mass is 795 g/mol. The van der Waals surface area contributed by atoms with Crippen molar-refractivity contribution in [3.05, 3.63) is 222 Å². The van der Waals surface area contributed by atoms with Gasteiger partial charge in [0.2, 0.25) is 0 Å². The maximum Gasteiger partial charge on any atom is 0.136 e. The fraction of sp³-hybridized carbons (Fsp3) is 0.100. The van der Waals surface area contributed by atoms with Gasteiger partial charge in [-0.2, -0.15) is 0 Å². The van der Waals surface area contributed by atoms with E-state index in [4.69, 9.17) is 4.42 Å². The molecule has 0 radical (unpaired) electrons. The van der Waals surface area contributed by atoms with E-state index in [1.807, 2.05) is 6.07 Å². The van der Waals surface area contributed by atoms with Crippen molar-refractivity contribution in [1.82, 2.24) is 0 Å². The standard InChI is InChI=1S/C60H45NO/c1-59(2)50-28-11-6-23-47(50)57-46(26-16-29-51(57)59)45-22-8-13-31-54(45)61(40-19-15-18-38(36-40)42-25-17-33-56-58(42)48-24-9-14-32-55(48)62-56)53-30-12-7-20-41(53)39-34-35-44-43-21-5-10-27-49(43)60(3,4)52(44)37-39/h5-37H,1-4H3. The van der Waals surface area contributed by atoms with Crippen molar-refractivity contribution < 1.29 is 4.42 Å². The zero-order chi connectivity index (χ0) is 41.7. The first kappa shape index (κ1) is 36.4. The van der Waals surface area contributed by atoms with Crippen molar-refractivity contribution in [2.45, 2.75) is 38.5 Å². The van der Waals surface area contributed by atoms with Crippen molar-refractivity contribution in [1.29, 1.82) is 0 Å². The zero-order valence-corrected chi connectivity index (χ0v) is 35.4. The summed E-state index contributed by atoms with van der Waals surface area (Å²) in [4.78, 5) is 2.50. The van der Waals surface area contributed by atoms with Gasteiger partial charge >= 0.3 is 0 Å². The molecule has 0 unspecified atom stereocenters. The van der Waals surface area contributed by atoms with Gasteiger partial charge in [0.15, 0.2) is 0 Å². The van der Waals surface area contributed by atoms with Gasteiger partial charge in [-0.05, 0) is 109 Å². The van der Waals surface area contributed by atoms with Crippen LogP contribution in [0.15, 0.2) is 205 Å². The molecule has 0 bridgehead atoms. The largest absolute Gasteiger partial charge is 0.456 e. The third-order valence-corrected chi connectivity index (χ3v) is 13.9. The van der Waals surface area contributed by atoms with Crippen LogP contribution in [0.2, 0.25) is 0 Å². The Morgan fingerprint density at radius 1 is 0.355 bits per heavy atom. The molecule has 2 heteroatoms. The number of hydrogen-bond donors (Lipinski definition) is 0. The average molecular weight is 796 g/mol. The summed E-state index contributed by atoms with van der Waals surface area (Å²) >= 11 is 0. The second kappa shape index (κ2) is 13.5. The number of hydrogen-bond acceptors (Lipinski definition) is 2. The van der Waals surface area contributed by atoms with Crippen LogP contribution in [0, 0.1) is 0 Å². The van der Waals surface area contributed by atoms with E-state index in [2.05, 4.69) is 227 Å². The van der Waals surface area contributed by atoms with Gasteiger partial charge in [-0.1, -0.05) is 185 Å². The molecule has 2 nitrogen and oxygen atoms in total. The predicted octanol–water partition coefficient (Wildman–Crippen LogP) is 16.7. The Bertz CT molecular complexity index is 3430. The summed E-state index contributed by atoms with van der Waals surface area (Å²) < 4.78 is 6.39. The molecule has 1 heterocycles. The SMILES string of the molecule is CC1(C)c2ccccc2-c2ccc(-c3ccccc3N(c3cccc(-c4cccc5oc6ccccc6c45)c3)c3ccccc3-c3cccc4c3-c3ccccc3C4(C)C)cc21. The first-order valence-corrected chi connectivity index (χ1v) is 21.8. The highest BCUT2D eigenvalue weighted by atomic mass is 16.3. The van der Waals surface area contributed by atoms with E-state index in [1.54, 1.807) is 0 Å². The summed E-state index contributed by atoms with van der Waals surface area (Å²) in [6.07, 6.45) is 0. The zero-order valence-electron chi connectivity index (χ0n) is 35.4. The molecule has 1 aromatic heterocycles. The molecule has 2 aliphatic carbocycles. The molecular weight excluding hydrogens is 751 g/mol. The first-order valence-electron chi connectivity index (χ1n) is 21.8. The molecule has 0 amide bonds. The van der Waals surface area contributed by atoms with E-state index < -0.39 is 0 Å². The Labute approximate surface area is 363 Å². The van der Waals surface area contributed by atoms with Crippen LogP contribution in [0.1, 0.15) is 49.9 Å². The molecule has 12 rings (SSSR count). The highest BCUT2D eigenvalue weighted by Crippen LogP contribution is 2.55. The number of para-hydroxylation sites is 3. The Morgan fingerprint density at radius 2 is 0.887 bits per heavy atom. The molecule has 9 aromatic carbocycles. The fourth-order valence-corrected chi connectivity index (χ4v) is 10.9. The van der Waals surface area contributed by atoms with Gasteiger partial charge in [-0.3, -0.25) is 0 Å². The maximum atomic E-state index is 6.39. The average Bonchev–Trinajstić information content (AvgIpc) is 3.89. The number of benzene rings is 9. The molecule has 0 saturated heterocycles. The minimum absolute atomic E-state index is 0.114. The second-order valence-electron chi connectivity index (χ2n) is 18.0. The van der Waals surface area contributed by atoms with E-state index in [1.165, 1.54) is 66.8 Å². The van der Waals surface area contributed by atoms with E-state index in [9.17, 15) is 0 Å². The lowest BCUT2D eigenvalue weighted by Crippen LogP contribution is -2.15. The fourth-order valence-electron chi connectivity index (χ4n) is 10.9. The lowest BCUT2D eigenvalue weighted by molar-refractivity contribution is 0.660. The third-order valence-electron chi connectivity index (χ3n) is 13.9. The van der Waals surface area contributed by atoms with Crippen molar-refractivity contribution >= 4 is 39.0 Å². The van der Waals surface area contributed by atoms with Crippen LogP contribution in [-0.4, -0.2) is 0 Å². The predicted molar refractivity (Wildman–Crippen MR) is 260 cm³/mol. The second-order valence-corrected chi connectivity index (χ2v) is 18.0. The number of rotatable bonds is 6. The van der Waals surface area contributed by atoms with Crippen molar-refractivity contribution in [3.8, 4) is 55.6 Å². The van der Waals surface area contributed by atoms with Gasteiger partial charge in [0.25, 0.3) is 0 Å². The van der Waals surface area contributed by atoms with Gasteiger partial charge in [0.1, 0.15) is 11.2 Å². The van der Waals surface area contributed by atoms with Crippen LogP contribution < -0.4 is 4.90 Å².